The van der Waals surface area contributed by atoms with Crippen molar-refractivity contribution in [1.29, 1.82) is 0 Å². The molecule has 1 aliphatic carbocycles. The normalized spacial score (nSPS) is 19.4. The number of benzene rings is 2. The Hall–Kier alpha value is -1.66. The molecule has 1 fully saturated rings. The molecule has 2 aromatic carbocycles. The highest BCUT2D eigenvalue weighted by Crippen LogP contribution is 2.59. The number of ether oxygens (including phenoxy) is 2. The van der Waals surface area contributed by atoms with E-state index in [1.165, 1.54) is 28.4 Å². The third-order valence-electron chi connectivity index (χ3n) is 7.37. The Balaban J connectivity index is 2.53. The lowest BCUT2D eigenvalue weighted by molar-refractivity contribution is 0.127. The molecule has 1 saturated carbocycles. The summed E-state index contributed by atoms with van der Waals surface area (Å²) in [6, 6.07) is 11.0. The first kappa shape index (κ1) is 29.9. The third kappa shape index (κ3) is 5.56. The van der Waals surface area contributed by atoms with Gasteiger partial charge in [-0.1, -0.05) is 32.9 Å². The van der Waals surface area contributed by atoms with E-state index in [2.05, 4.69) is 20.8 Å². The average molecular weight is 555 g/mol. The van der Waals surface area contributed by atoms with Crippen LogP contribution >= 0.6 is 15.2 Å². The van der Waals surface area contributed by atoms with Crippen LogP contribution in [0.2, 0.25) is 0 Å². The quantitative estimate of drug-likeness (QED) is 0.328. The van der Waals surface area contributed by atoms with E-state index in [1.54, 1.807) is 26.4 Å². The Bertz CT molecular complexity index is 1120. The minimum absolute atomic E-state index is 0.0969. The highest BCUT2D eigenvalue weighted by molar-refractivity contribution is 7.62. The summed E-state index contributed by atoms with van der Waals surface area (Å²) in [5, 5.41) is 0.821. The van der Waals surface area contributed by atoms with E-state index < -0.39 is 20.6 Å². The van der Waals surface area contributed by atoms with Gasteiger partial charge in [-0.2, -0.15) is 0 Å². The summed E-state index contributed by atoms with van der Waals surface area (Å²) in [5.41, 5.74) is 0.708. The highest BCUT2D eigenvalue weighted by Gasteiger charge is 2.50. The van der Waals surface area contributed by atoms with E-state index in [0.29, 0.717) is 40.9 Å². The summed E-state index contributed by atoms with van der Waals surface area (Å²) < 4.78 is 60.9. The standard InChI is InChI=1S/C27H40O8P2/c1-19-16-26(2,3)18-27(17-19,22-12-10-20(30-4)14-24(22)36(28,32-6)33-7)23-13-11-21(31-5)15-25(23)37(29,34-8)35-9/h10-15,19H,16-18H2,1-9H3. The molecule has 0 heterocycles. The Kier molecular flexibility index (Phi) is 9.06. The minimum Gasteiger partial charge on any atom is -0.497 e. The second kappa shape index (κ2) is 11.2. The van der Waals surface area contributed by atoms with Gasteiger partial charge in [0.1, 0.15) is 11.5 Å². The maximum atomic E-state index is 14.0. The van der Waals surface area contributed by atoms with E-state index in [4.69, 9.17) is 27.6 Å². The monoisotopic (exact) mass is 554 g/mol. The van der Waals surface area contributed by atoms with Crippen LogP contribution in [0.25, 0.3) is 0 Å². The fourth-order valence-electron chi connectivity index (χ4n) is 6.21. The van der Waals surface area contributed by atoms with Crippen LogP contribution in [0.1, 0.15) is 51.2 Å². The van der Waals surface area contributed by atoms with E-state index in [9.17, 15) is 9.13 Å². The largest absolute Gasteiger partial charge is 0.497 e. The van der Waals surface area contributed by atoms with Gasteiger partial charge in [-0.05, 0) is 66.0 Å². The molecular weight excluding hydrogens is 514 g/mol. The molecule has 0 aliphatic heterocycles. The summed E-state index contributed by atoms with van der Waals surface area (Å²) in [6.07, 6.45) is 2.39. The Morgan fingerprint density at radius 2 is 1.11 bits per heavy atom. The molecule has 0 bridgehead atoms. The van der Waals surface area contributed by atoms with Gasteiger partial charge in [-0.15, -0.1) is 0 Å². The molecular formula is C27H40O8P2. The Morgan fingerprint density at radius 1 is 0.703 bits per heavy atom. The molecule has 3 rings (SSSR count). The molecule has 0 radical (unpaired) electrons. The van der Waals surface area contributed by atoms with Gasteiger partial charge in [0.05, 0.1) is 24.8 Å². The summed E-state index contributed by atoms with van der Waals surface area (Å²) >= 11 is 0. The van der Waals surface area contributed by atoms with Crippen LogP contribution in [0.4, 0.5) is 0 Å². The lowest BCUT2D eigenvalue weighted by atomic mass is 9.55. The van der Waals surface area contributed by atoms with Crippen LogP contribution in [0.15, 0.2) is 36.4 Å². The summed E-state index contributed by atoms with van der Waals surface area (Å²) in [5.74, 6) is 1.35. The van der Waals surface area contributed by atoms with Crippen LogP contribution in [-0.4, -0.2) is 42.7 Å². The number of rotatable bonds is 10. The first-order chi connectivity index (χ1) is 17.4. The van der Waals surface area contributed by atoms with Gasteiger partial charge in [-0.25, -0.2) is 0 Å². The summed E-state index contributed by atoms with van der Waals surface area (Å²) in [7, 11) is 1.15. The predicted molar refractivity (Wildman–Crippen MR) is 146 cm³/mol. The van der Waals surface area contributed by atoms with E-state index in [-0.39, 0.29) is 5.41 Å². The lowest BCUT2D eigenvalue weighted by Gasteiger charge is -2.50. The van der Waals surface area contributed by atoms with Gasteiger partial charge < -0.3 is 27.6 Å². The molecule has 2 aromatic rings. The molecule has 0 N–H and O–H groups in total. The second-order valence-electron chi connectivity index (χ2n) is 10.4. The predicted octanol–water partition coefficient (Wildman–Crippen LogP) is 6.06. The van der Waals surface area contributed by atoms with Crippen LogP contribution in [0.3, 0.4) is 0 Å². The SMILES string of the molecule is COc1ccc(C2(c3ccc(OC)cc3P(=O)(OC)OC)CC(C)CC(C)(C)C2)c(P(=O)(OC)OC)c1. The lowest BCUT2D eigenvalue weighted by Crippen LogP contribution is -2.46. The first-order valence-electron chi connectivity index (χ1n) is 12.2. The minimum atomic E-state index is -3.72. The highest BCUT2D eigenvalue weighted by atomic mass is 31.2. The fourth-order valence-corrected chi connectivity index (χ4v) is 9.03. The van der Waals surface area contributed by atoms with Crippen molar-refractivity contribution in [1.82, 2.24) is 0 Å². The van der Waals surface area contributed by atoms with E-state index >= 15 is 0 Å². The van der Waals surface area contributed by atoms with Crippen LogP contribution in [-0.2, 0) is 32.6 Å². The van der Waals surface area contributed by atoms with Crippen LogP contribution in [0.5, 0.6) is 11.5 Å². The van der Waals surface area contributed by atoms with Crippen molar-refractivity contribution in [3.8, 4) is 11.5 Å². The van der Waals surface area contributed by atoms with Crippen molar-refractivity contribution in [2.24, 2.45) is 11.3 Å². The molecule has 1 atom stereocenters. The molecule has 8 nitrogen and oxygen atoms in total. The number of methoxy groups -OCH3 is 2. The fraction of sp³-hybridized carbons (Fsp3) is 0.556. The van der Waals surface area contributed by atoms with E-state index in [0.717, 1.165) is 17.5 Å². The van der Waals surface area contributed by atoms with Crippen molar-refractivity contribution >= 4 is 25.8 Å². The molecule has 1 unspecified atom stereocenters. The number of hydrogen-bond acceptors (Lipinski definition) is 8. The molecule has 0 aromatic heterocycles. The van der Waals surface area contributed by atoms with Crippen LogP contribution < -0.4 is 20.1 Å². The van der Waals surface area contributed by atoms with Crippen molar-refractivity contribution in [3.05, 3.63) is 47.5 Å². The maximum absolute atomic E-state index is 14.0. The van der Waals surface area contributed by atoms with Crippen molar-refractivity contribution in [2.75, 3.05) is 42.7 Å². The van der Waals surface area contributed by atoms with Gasteiger partial charge in [-0.3, -0.25) is 9.13 Å². The molecule has 10 heteroatoms. The van der Waals surface area contributed by atoms with Gasteiger partial charge in [0.25, 0.3) is 0 Å². The van der Waals surface area contributed by atoms with Gasteiger partial charge in [0, 0.05) is 33.9 Å². The first-order valence-corrected chi connectivity index (χ1v) is 15.3. The Labute approximate surface area is 221 Å². The molecule has 0 spiro atoms. The Morgan fingerprint density at radius 3 is 1.43 bits per heavy atom. The molecule has 0 amide bonds. The molecule has 1 aliphatic rings. The molecule has 0 saturated heterocycles. The summed E-state index contributed by atoms with van der Waals surface area (Å²) in [6.45, 7) is 6.66. The number of hydrogen-bond donors (Lipinski definition) is 0. The van der Waals surface area contributed by atoms with Gasteiger partial charge in [0.15, 0.2) is 0 Å². The zero-order chi connectivity index (χ0) is 27.6. The topological polar surface area (TPSA) is 89.5 Å². The second-order valence-corrected chi connectivity index (χ2v) is 14.8. The smallest absolute Gasteiger partial charge is 0.361 e. The zero-order valence-corrected chi connectivity index (χ0v) is 25.1. The molecule has 206 valence electrons. The van der Waals surface area contributed by atoms with E-state index in [1.807, 2.05) is 24.3 Å². The van der Waals surface area contributed by atoms with Gasteiger partial charge in [0.2, 0.25) is 0 Å². The third-order valence-corrected chi connectivity index (χ3v) is 11.2. The zero-order valence-electron chi connectivity index (χ0n) is 23.3. The summed E-state index contributed by atoms with van der Waals surface area (Å²) in [4.78, 5) is 0. The van der Waals surface area contributed by atoms with Crippen LogP contribution in [0, 0.1) is 11.3 Å². The van der Waals surface area contributed by atoms with Crippen molar-refractivity contribution in [2.45, 2.75) is 45.4 Å². The van der Waals surface area contributed by atoms with Crippen molar-refractivity contribution in [3.63, 3.8) is 0 Å². The van der Waals surface area contributed by atoms with Crippen molar-refractivity contribution < 1.29 is 36.7 Å². The maximum Gasteiger partial charge on any atom is 0.361 e. The average Bonchev–Trinajstić information content (AvgIpc) is 2.90. The molecule has 37 heavy (non-hydrogen) atoms. The van der Waals surface area contributed by atoms with Gasteiger partial charge >= 0.3 is 15.2 Å².